The molecule has 0 amide bonds. The van der Waals surface area contributed by atoms with Gasteiger partial charge in [-0.3, -0.25) is 15.8 Å². The van der Waals surface area contributed by atoms with Crippen molar-refractivity contribution in [3.63, 3.8) is 0 Å². The van der Waals surface area contributed by atoms with Gasteiger partial charge in [0, 0.05) is 12.1 Å². The normalized spacial score (nSPS) is 13.9. The van der Waals surface area contributed by atoms with Crippen LogP contribution < -0.4 is 5.32 Å². The van der Waals surface area contributed by atoms with Crippen LogP contribution in [0.3, 0.4) is 0 Å². The van der Waals surface area contributed by atoms with Gasteiger partial charge in [0.2, 0.25) is 11.8 Å². The highest BCUT2D eigenvalue weighted by molar-refractivity contribution is 7.92. The van der Waals surface area contributed by atoms with Crippen LogP contribution >= 0.6 is 0 Å². The topological polar surface area (TPSA) is 138 Å². The maximum absolute atomic E-state index is 14.7. The number of hydrogen-bond donors (Lipinski definition) is 3. The van der Waals surface area contributed by atoms with Crippen LogP contribution in [0.2, 0.25) is 0 Å². The third-order valence-corrected chi connectivity index (χ3v) is 8.16. The van der Waals surface area contributed by atoms with Crippen LogP contribution in [0.15, 0.2) is 53.6 Å². The summed E-state index contributed by atoms with van der Waals surface area (Å²) in [5, 5.41) is 19.2. The fourth-order valence-electron chi connectivity index (χ4n) is 3.56. The summed E-state index contributed by atoms with van der Waals surface area (Å²) < 4.78 is 49.9. The lowest BCUT2D eigenvalue weighted by Gasteiger charge is -2.27. The van der Waals surface area contributed by atoms with Crippen LogP contribution in [0.25, 0.3) is 11.3 Å². The highest BCUT2D eigenvalue weighted by Gasteiger charge is 2.21. The maximum atomic E-state index is 14.7. The van der Waals surface area contributed by atoms with E-state index in [9.17, 15) is 12.8 Å². The van der Waals surface area contributed by atoms with Gasteiger partial charge in [-0.25, -0.2) is 17.8 Å². The van der Waals surface area contributed by atoms with Gasteiger partial charge in [0.15, 0.2) is 9.84 Å². The Morgan fingerprint density at radius 1 is 1.16 bits per heavy atom. The smallest absolute Gasteiger partial charge is 0.241 e. The monoisotopic (exact) mass is 525 g/mol. The van der Waals surface area contributed by atoms with Crippen LogP contribution in [0.4, 0.5) is 4.39 Å². The Labute approximate surface area is 215 Å². The van der Waals surface area contributed by atoms with Gasteiger partial charge < -0.3 is 14.8 Å². The molecule has 0 aliphatic carbocycles. The van der Waals surface area contributed by atoms with E-state index >= 15 is 0 Å². The third-order valence-electron chi connectivity index (χ3n) is 5.98. The highest BCUT2D eigenvalue weighted by atomic mass is 32.2. The van der Waals surface area contributed by atoms with Crippen LogP contribution in [0.5, 0.6) is 0 Å². The fraction of sp³-hybridized carbons (Fsp3) is 0.308. The molecule has 1 aliphatic heterocycles. The molecule has 0 unspecified atom stereocenters. The SMILES string of the molecule is Cc1ncc(-c2ccc(S(=O)(=O)C(C)C)cc2)nc1C(=N)OC(=N)c1ccc(CNC2COC2)cc1F. The molecule has 1 aromatic heterocycles. The number of rotatable bonds is 8. The molecule has 0 atom stereocenters. The third kappa shape index (κ3) is 5.90. The summed E-state index contributed by atoms with van der Waals surface area (Å²) in [6, 6.07) is 11.0. The second-order valence-electron chi connectivity index (χ2n) is 9.00. The largest absolute Gasteiger partial charge is 0.419 e. The number of sulfone groups is 1. The number of benzene rings is 2. The van der Waals surface area contributed by atoms with Crippen LogP contribution in [0.1, 0.15) is 36.4 Å². The molecule has 0 radical (unpaired) electrons. The predicted octanol–water partition coefficient (Wildman–Crippen LogP) is 3.63. The summed E-state index contributed by atoms with van der Waals surface area (Å²) in [4.78, 5) is 8.91. The quantitative estimate of drug-likeness (QED) is 0.302. The van der Waals surface area contributed by atoms with E-state index in [2.05, 4.69) is 15.3 Å². The van der Waals surface area contributed by atoms with Crippen molar-refractivity contribution in [2.75, 3.05) is 13.2 Å². The minimum absolute atomic E-state index is 0.0794. The van der Waals surface area contributed by atoms with Crippen LogP contribution in [0, 0.1) is 23.6 Å². The molecule has 11 heteroatoms. The molecule has 194 valence electrons. The van der Waals surface area contributed by atoms with Crippen molar-refractivity contribution in [3.8, 4) is 11.3 Å². The van der Waals surface area contributed by atoms with Crippen molar-refractivity contribution < 1.29 is 22.3 Å². The van der Waals surface area contributed by atoms with Gasteiger partial charge in [0.25, 0.3) is 0 Å². The minimum Gasteiger partial charge on any atom is -0.419 e. The van der Waals surface area contributed by atoms with E-state index in [1.165, 1.54) is 30.5 Å². The fourth-order valence-corrected chi connectivity index (χ4v) is 4.62. The Morgan fingerprint density at radius 3 is 2.46 bits per heavy atom. The Hall–Kier alpha value is -3.54. The summed E-state index contributed by atoms with van der Waals surface area (Å²) in [7, 11) is -3.41. The summed E-state index contributed by atoms with van der Waals surface area (Å²) in [6.07, 6.45) is 1.51. The van der Waals surface area contributed by atoms with E-state index in [1.54, 1.807) is 39.0 Å². The molecule has 9 nitrogen and oxygen atoms in total. The maximum Gasteiger partial charge on any atom is 0.241 e. The molecule has 1 fully saturated rings. The highest BCUT2D eigenvalue weighted by Crippen LogP contribution is 2.23. The summed E-state index contributed by atoms with van der Waals surface area (Å²) >= 11 is 0. The molecule has 4 rings (SSSR count). The van der Waals surface area contributed by atoms with Crippen molar-refractivity contribution in [3.05, 3.63) is 77.0 Å². The van der Waals surface area contributed by atoms with E-state index in [-0.39, 0.29) is 22.2 Å². The molecule has 0 spiro atoms. The van der Waals surface area contributed by atoms with Crippen molar-refractivity contribution in [1.29, 1.82) is 10.8 Å². The average molecular weight is 526 g/mol. The van der Waals surface area contributed by atoms with E-state index < -0.39 is 32.7 Å². The van der Waals surface area contributed by atoms with Gasteiger partial charge in [-0.15, -0.1) is 0 Å². The first-order valence-electron chi connectivity index (χ1n) is 11.7. The van der Waals surface area contributed by atoms with Crippen molar-refractivity contribution in [2.24, 2.45) is 0 Å². The first kappa shape index (κ1) is 26.5. The molecule has 2 aromatic carbocycles. The lowest BCUT2D eigenvalue weighted by atomic mass is 10.1. The van der Waals surface area contributed by atoms with E-state index in [1.807, 2.05) is 0 Å². The summed E-state index contributed by atoms with van der Waals surface area (Å²) in [5.41, 5.74) is 2.12. The standard InChI is InChI=1S/C26H28FN5O4S/c1-15(2)37(33,34)20-7-5-18(6-8-20)23-12-30-16(3)24(32-23)26(29)36-25(28)21-9-4-17(10-22(21)27)11-31-19-13-35-14-19/h4-10,12,15,19,28-29,31H,11,13-14H2,1-3H3. The summed E-state index contributed by atoms with van der Waals surface area (Å²) in [6.45, 7) is 6.62. The first-order valence-corrected chi connectivity index (χ1v) is 13.2. The molecule has 3 aromatic rings. The zero-order chi connectivity index (χ0) is 26.7. The number of halogens is 1. The Balaban J connectivity index is 1.48. The van der Waals surface area contributed by atoms with Gasteiger partial charge in [0.1, 0.15) is 11.5 Å². The molecule has 0 saturated carbocycles. The van der Waals surface area contributed by atoms with Crippen LogP contribution in [-0.2, 0) is 25.9 Å². The zero-order valence-electron chi connectivity index (χ0n) is 20.7. The van der Waals surface area contributed by atoms with Gasteiger partial charge in [-0.05, 0) is 50.6 Å². The van der Waals surface area contributed by atoms with E-state index in [0.717, 1.165) is 5.56 Å². The molecule has 37 heavy (non-hydrogen) atoms. The second-order valence-corrected chi connectivity index (χ2v) is 11.5. The zero-order valence-corrected chi connectivity index (χ0v) is 21.5. The van der Waals surface area contributed by atoms with Crippen molar-refractivity contribution in [1.82, 2.24) is 15.3 Å². The second kappa shape index (κ2) is 10.8. The van der Waals surface area contributed by atoms with Gasteiger partial charge in [-0.1, -0.05) is 18.2 Å². The molecule has 0 bridgehead atoms. The number of nitrogens with zero attached hydrogens (tertiary/aromatic N) is 2. The molecular formula is C26H28FN5O4S. The lowest BCUT2D eigenvalue weighted by Crippen LogP contribution is -2.45. The Bertz CT molecular complexity index is 1440. The molecule has 1 saturated heterocycles. The molecular weight excluding hydrogens is 497 g/mol. The van der Waals surface area contributed by atoms with Crippen molar-refractivity contribution >= 4 is 21.6 Å². The van der Waals surface area contributed by atoms with Gasteiger partial charge in [-0.2, -0.15) is 0 Å². The Kier molecular flexibility index (Phi) is 7.76. The van der Waals surface area contributed by atoms with E-state index in [0.29, 0.717) is 36.7 Å². The van der Waals surface area contributed by atoms with Crippen molar-refractivity contribution in [2.45, 2.75) is 43.5 Å². The van der Waals surface area contributed by atoms with Gasteiger partial charge >= 0.3 is 0 Å². The average Bonchev–Trinajstić information content (AvgIpc) is 2.83. The van der Waals surface area contributed by atoms with E-state index in [4.69, 9.17) is 20.3 Å². The lowest BCUT2D eigenvalue weighted by molar-refractivity contribution is -0.00579. The number of ether oxygens (including phenoxy) is 2. The first-order chi connectivity index (χ1) is 17.6. The molecule has 3 N–H and O–H groups in total. The number of aryl methyl sites for hydroxylation is 1. The predicted molar refractivity (Wildman–Crippen MR) is 137 cm³/mol. The number of aromatic nitrogens is 2. The van der Waals surface area contributed by atoms with Crippen LogP contribution in [-0.4, -0.2) is 54.7 Å². The number of nitrogens with one attached hydrogen (secondary N) is 3. The molecule has 1 aliphatic rings. The van der Waals surface area contributed by atoms with Gasteiger partial charge in [0.05, 0.1) is 52.5 Å². The molecule has 2 heterocycles. The Morgan fingerprint density at radius 2 is 1.86 bits per heavy atom. The number of hydrogen-bond acceptors (Lipinski definition) is 9. The summed E-state index contributed by atoms with van der Waals surface area (Å²) in [5.74, 6) is -1.61. The minimum atomic E-state index is -3.41.